The molecule has 4 rings (SSSR count). The number of amides is 1. The van der Waals surface area contributed by atoms with E-state index in [1.165, 1.54) is 5.56 Å². The summed E-state index contributed by atoms with van der Waals surface area (Å²) in [6, 6.07) is 22.8. The molecular weight excluding hydrogens is 490 g/mol. The van der Waals surface area contributed by atoms with Gasteiger partial charge in [0, 0.05) is 16.8 Å². The van der Waals surface area contributed by atoms with Crippen LogP contribution in [0.1, 0.15) is 27.0 Å². The van der Waals surface area contributed by atoms with Gasteiger partial charge in [-0.2, -0.15) is 5.10 Å². The summed E-state index contributed by atoms with van der Waals surface area (Å²) in [4.78, 5) is 12.8. The standard InChI is InChI=1S/C25H21BrClN3O2/c1-17-5-7-18(8-6-17)14-30-15-23(26)24(29-30)28-25(31)20-4-2-3-19(13-20)16-32-22-11-9-21(27)10-12-22/h2-13,15H,14,16H2,1H3,(H,28,29,31). The summed E-state index contributed by atoms with van der Waals surface area (Å²) in [5, 5.41) is 8.03. The zero-order valence-corrected chi connectivity index (χ0v) is 19.7. The number of ether oxygens (including phenoxy) is 1. The molecule has 0 saturated heterocycles. The molecule has 32 heavy (non-hydrogen) atoms. The van der Waals surface area contributed by atoms with Crippen molar-refractivity contribution in [3.63, 3.8) is 0 Å². The van der Waals surface area contributed by atoms with E-state index in [2.05, 4.69) is 57.5 Å². The van der Waals surface area contributed by atoms with Gasteiger partial charge in [-0.05, 0) is 70.4 Å². The van der Waals surface area contributed by atoms with Gasteiger partial charge >= 0.3 is 0 Å². The number of hydrogen-bond acceptors (Lipinski definition) is 3. The van der Waals surface area contributed by atoms with Crippen LogP contribution in [0.15, 0.2) is 83.5 Å². The number of aryl methyl sites for hydroxylation is 1. The van der Waals surface area contributed by atoms with Gasteiger partial charge in [0.05, 0.1) is 11.0 Å². The van der Waals surface area contributed by atoms with Crippen molar-refractivity contribution < 1.29 is 9.53 Å². The highest BCUT2D eigenvalue weighted by molar-refractivity contribution is 9.10. The maximum atomic E-state index is 12.8. The largest absolute Gasteiger partial charge is 0.489 e. The molecule has 0 saturated carbocycles. The van der Waals surface area contributed by atoms with Crippen LogP contribution in [-0.2, 0) is 13.2 Å². The highest BCUT2D eigenvalue weighted by atomic mass is 79.9. The van der Waals surface area contributed by atoms with E-state index in [1.54, 1.807) is 22.9 Å². The molecule has 0 fully saturated rings. The Kier molecular flexibility index (Phi) is 6.93. The molecule has 7 heteroatoms. The summed E-state index contributed by atoms with van der Waals surface area (Å²) < 4.78 is 8.29. The molecule has 0 radical (unpaired) electrons. The van der Waals surface area contributed by atoms with Crippen molar-refractivity contribution in [1.29, 1.82) is 0 Å². The lowest BCUT2D eigenvalue weighted by molar-refractivity contribution is 0.102. The predicted octanol–water partition coefficient (Wildman–Crippen LogP) is 6.49. The van der Waals surface area contributed by atoms with Gasteiger partial charge in [-0.1, -0.05) is 53.6 Å². The van der Waals surface area contributed by atoms with Crippen LogP contribution >= 0.6 is 27.5 Å². The van der Waals surface area contributed by atoms with E-state index in [4.69, 9.17) is 16.3 Å². The van der Waals surface area contributed by atoms with E-state index in [1.807, 2.05) is 36.5 Å². The van der Waals surface area contributed by atoms with Crippen molar-refractivity contribution >= 4 is 39.3 Å². The number of nitrogens with one attached hydrogen (secondary N) is 1. The topological polar surface area (TPSA) is 56.2 Å². The fraction of sp³-hybridized carbons (Fsp3) is 0.120. The Morgan fingerprint density at radius 3 is 2.56 bits per heavy atom. The lowest BCUT2D eigenvalue weighted by Gasteiger charge is -2.08. The van der Waals surface area contributed by atoms with Gasteiger partial charge in [0.1, 0.15) is 12.4 Å². The molecule has 0 spiro atoms. The number of nitrogens with zero attached hydrogens (tertiary/aromatic N) is 2. The molecule has 1 heterocycles. The van der Waals surface area contributed by atoms with Crippen LogP contribution in [0.5, 0.6) is 5.75 Å². The molecule has 4 aromatic rings. The monoisotopic (exact) mass is 509 g/mol. The van der Waals surface area contributed by atoms with Crippen LogP contribution in [0.4, 0.5) is 5.82 Å². The summed E-state index contributed by atoms with van der Waals surface area (Å²) in [7, 11) is 0. The average Bonchev–Trinajstić information content (AvgIpc) is 3.13. The van der Waals surface area contributed by atoms with E-state index >= 15 is 0 Å². The normalized spacial score (nSPS) is 10.7. The van der Waals surface area contributed by atoms with Crippen molar-refractivity contribution in [3.8, 4) is 5.75 Å². The maximum Gasteiger partial charge on any atom is 0.256 e. The molecule has 0 aliphatic rings. The third-order valence-electron chi connectivity index (χ3n) is 4.82. The zero-order chi connectivity index (χ0) is 22.5. The molecule has 3 aromatic carbocycles. The number of halogens is 2. The van der Waals surface area contributed by atoms with Gasteiger partial charge in [0.2, 0.25) is 0 Å². The second-order valence-corrected chi connectivity index (χ2v) is 8.70. The predicted molar refractivity (Wildman–Crippen MR) is 130 cm³/mol. The summed E-state index contributed by atoms with van der Waals surface area (Å²) in [6.45, 7) is 3.02. The number of rotatable bonds is 7. The van der Waals surface area contributed by atoms with Crippen LogP contribution in [0.25, 0.3) is 0 Å². The Morgan fingerprint density at radius 2 is 1.81 bits per heavy atom. The molecule has 0 aliphatic heterocycles. The first kappa shape index (κ1) is 22.1. The third kappa shape index (κ3) is 5.78. The maximum absolute atomic E-state index is 12.8. The van der Waals surface area contributed by atoms with E-state index in [0.717, 1.165) is 15.6 Å². The van der Waals surface area contributed by atoms with Gasteiger partial charge in [-0.25, -0.2) is 0 Å². The second kappa shape index (κ2) is 10.0. The van der Waals surface area contributed by atoms with Crippen molar-refractivity contribution in [2.24, 2.45) is 0 Å². The van der Waals surface area contributed by atoms with E-state index in [9.17, 15) is 4.79 Å². The van der Waals surface area contributed by atoms with E-state index in [-0.39, 0.29) is 5.91 Å². The number of aromatic nitrogens is 2. The van der Waals surface area contributed by atoms with Crippen LogP contribution in [0.3, 0.4) is 0 Å². The Bertz CT molecular complexity index is 1220. The Balaban J connectivity index is 1.40. The van der Waals surface area contributed by atoms with Gasteiger partial charge in [-0.15, -0.1) is 0 Å². The highest BCUT2D eigenvalue weighted by Gasteiger charge is 2.13. The molecule has 0 atom stereocenters. The fourth-order valence-corrected chi connectivity index (χ4v) is 3.66. The summed E-state index contributed by atoms with van der Waals surface area (Å²) in [5.74, 6) is 0.955. The molecule has 0 bridgehead atoms. The Morgan fingerprint density at radius 1 is 1.06 bits per heavy atom. The van der Waals surface area contributed by atoms with Crippen LogP contribution in [0, 0.1) is 6.92 Å². The van der Waals surface area contributed by atoms with Gasteiger partial charge < -0.3 is 10.1 Å². The van der Waals surface area contributed by atoms with Crippen molar-refractivity contribution in [3.05, 3.63) is 111 Å². The lowest BCUT2D eigenvalue weighted by Crippen LogP contribution is -2.13. The number of anilines is 1. The first-order valence-corrected chi connectivity index (χ1v) is 11.2. The fourth-order valence-electron chi connectivity index (χ4n) is 3.12. The van der Waals surface area contributed by atoms with Crippen molar-refractivity contribution in [2.45, 2.75) is 20.1 Å². The average molecular weight is 511 g/mol. The van der Waals surface area contributed by atoms with E-state index < -0.39 is 0 Å². The van der Waals surface area contributed by atoms with Gasteiger partial charge in [-0.3, -0.25) is 9.48 Å². The Hall–Kier alpha value is -3.09. The van der Waals surface area contributed by atoms with Gasteiger partial charge in [0.15, 0.2) is 5.82 Å². The Labute approximate surface area is 200 Å². The molecule has 0 unspecified atom stereocenters. The minimum Gasteiger partial charge on any atom is -0.489 e. The first-order valence-electron chi connectivity index (χ1n) is 10.0. The summed E-state index contributed by atoms with van der Waals surface area (Å²) in [6.07, 6.45) is 1.85. The molecule has 1 aromatic heterocycles. The van der Waals surface area contributed by atoms with Crippen molar-refractivity contribution in [1.82, 2.24) is 9.78 Å². The van der Waals surface area contributed by atoms with Crippen LogP contribution in [0.2, 0.25) is 5.02 Å². The molecule has 5 nitrogen and oxygen atoms in total. The van der Waals surface area contributed by atoms with Gasteiger partial charge in [0.25, 0.3) is 5.91 Å². The van der Waals surface area contributed by atoms with Crippen LogP contribution in [-0.4, -0.2) is 15.7 Å². The van der Waals surface area contributed by atoms with Crippen LogP contribution < -0.4 is 10.1 Å². The zero-order valence-electron chi connectivity index (χ0n) is 17.4. The highest BCUT2D eigenvalue weighted by Crippen LogP contribution is 2.22. The van der Waals surface area contributed by atoms with Crippen molar-refractivity contribution in [2.75, 3.05) is 5.32 Å². The quantitative estimate of drug-likeness (QED) is 0.309. The minimum atomic E-state index is -0.236. The SMILES string of the molecule is Cc1ccc(Cn2cc(Br)c(NC(=O)c3cccc(COc4ccc(Cl)cc4)c3)n2)cc1. The lowest BCUT2D eigenvalue weighted by atomic mass is 10.1. The summed E-state index contributed by atoms with van der Waals surface area (Å²) >= 11 is 9.39. The number of carbonyl (C=O) groups excluding carboxylic acids is 1. The third-order valence-corrected chi connectivity index (χ3v) is 5.65. The number of benzene rings is 3. The summed E-state index contributed by atoms with van der Waals surface area (Å²) in [5.41, 5.74) is 3.76. The smallest absolute Gasteiger partial charge is 0.256 e. The minimum absolute atomic E-state index is 0.236. The molecular formula is C25H21BrClN3O2. The first-order chi connectivity index (χ1) is 15.5. The number of carbonyl (C=O) groups is 1. The second-order valence-electron chi connectivity index (χ2n) is 7.41. The molecule has 1 amide bonds. The molecule has 162 valence electrons. The van der Waals surface area contributed by atoms with E-state index in [0.29, 0.717) is 35.3 Å². The molecule has 0 aliphatic carbocycles. The number of hydrogen-bond donors (Lipinski definition) is 1. The molecule has 1 N–H and O–H groups in total.